The van der Waals surface area contributed by atoms with Gasteiger partial charge in [-0.3, -0.25) is 10.1 Å². The number of hydrogen-bond donors (Lipinski definition) is 3. The lowest BCUT2D eigenvalue weighted by Gasteiger charge is -2.30. The van der Waals surface area contributed by atoms with Gasteiger partial charge in [-0.1, -0.05) is 24.3 Å². The molecule has 122 valence electrons. The molecular weight excluding hydrogens is 302 g/mol. The van der Waals surface area contributed by atoms with Crippen molar-refractivity contribution < 1.29 is 4.74 Å². The Morgan fingerprint density at radius 3 is 2.96 bits per heavy atom. The van der Waals surface area contributed by atoms with Crippen LogP contribution in [0.2, 0.25) is 0 Å². The first kappa shape index (κ1) is 14.7. The van der Waals surface area contributed by atoms with Gasteiger partial charge in [0.05, 0.1) is 12.1 Å². The highest BCUT2D eigenvalue weighted by Gasteiger charge is 2.30. The maximum absolute atomic E-state index is 5.85. The molecule has 24 heavy (non-hydrogen) atoms. The summed E-state index contributed by atoms with van der Waals surface area (Å²) in [5, 5.41) is 11.8. The highest BCUT2D eigenvalue weighted by atomic mass is 16.5. The van der Waals surface area contributed by atoms with E-state index >= 15 is 0 Å². The molecule has 0 saturated carbocycles. The van der Waals surface area contributed by atoms with E-state index in [0.717, 1.165) is 28.0 Å². The summed E-state index contributed by atoms with van der Waals surface area (Å²) < 4.78 is 5.56. The molecule has 0 radical (unpaired) electrons. The van der Waals surface area contributed by atoms with E-state index in [-0.39, 0.29) is 0 Å². The van der Waals surface area contributed by atoms with Crippen LogP contribution in [0.15, 0.2) is 53.5 Å². The van der Waals surface area contributed by atoms with Crippen molar-refractivity contribution in [1.82, 2.24) is 10.2 Å². The van der Waals surface area contributed by atoms with Crippen LogP contribution in [0.3, 0.4) is 0 Å². The van der Waals surface area contributed by atoms with Crippen molar-refractivity contribution in [2.75, 3.05) is 18.5 Å². The molecular formula is C18H19N5O. The molecule has 0 aliphatic carbocycles. The van der Waals surface area contributed by atoms with E-state index < -0.39 is 5.54 Å². The summed E-state index contributed by atoms with van der Waals surface area (Å²) in [5.41, 5.74) is 8.39. The van der Waals surface area contributed by atoms with Crippen molar-refractivity contribution in [3.8, 4) is 0 Å². The second-order valence-electron chi connectivity index (χ2n) is 6.19. The van der Waals surface area contributed by atoms with Gasteiger partial charge < -0.3 is 15.8 Å². The quantitative estimate of drug-likeness (QED) is 0.692. The normalized spacial score (nSPS) is 20.8. The fourth-order valence-corrected chi connectivity index (χ4v) is 3.01. The Hall–Kier alpha value is -2.86. The third kappa shape index (κ3) is 2.61. The molecule has 0 spiro atoms. The maximum Gasteiger partial charge on any atom is 0.160 e. The first-order chi connectivity index (χ1) is 11.6. The Labute approximate surface area is 139 Å². The summed E-state index contributed by atoms with van der Waals surface area (Å²) in [5.74, 6) is 1.33. The predicted molar refractivity (Wildman–Crippen MR) is 95.6 cm³/mol. The molecule has 4 N–H and O–H groups in total. The summed E-state index contributed by atoms with van der Waals surface area (Å²) in [6, 6.07) is 16.1. The van der Waals surface area contributed by atoms with Crippen molar-refractivity contribution in [3.63, 3.8) is 0 Å². The molecule has 6 heteroatoms. The number of para-hydroxylation sites is 1. The third-order valence-electron chi connectivity index (χ3n) is 4.24. The van der Waals surface area contributed by atoms with Crippen LogP contribution in [0, 0.1) is 0 Å². The minimum Gasteiger partial charge on any atom is -0.386 e. The number of benzene rings is 2. The van der Waals surface area contributed by atoms with Gasteiger partial charge in [-0.15, -0.1) is 0 Å². The SMILES string of the molecule is C[C@@]1(c2cccc(Nc3n[nH]c4ccccc34)c2)COCC(N)=N1. The van der Waals surface area contributed by atoms with E-state index in [9.17, 15) is 0 Å². The summed E-state index contributed by atoms with van der Waals surface area (Å²) in [6.07, 6.45) is 0. The number of H-pyrrole nitrogens is 1. The summed E-state index contributed by atoms with van der Waals surface area (Å²) in [7, 11) is 0. The van der Waals surface area contributed by atoms with Gasteiger partial charge in [0.15, 0.2) is 5.82 Å². The number of anilines is 2. The van der Waals surface area contributed by atoms with E-state index in [1.807, 2.05) is 49.4 Å². The van der Waals surface area contributed by atoms with Crippen molar-refractivity contribution in [3.05, 3.63) is 54.1 Å². The van der Waals surface area contributed by atoms with Crippen LogP contribution in [0.25, 0.3) is 10.9 Å². The maximum atomic E-state index is 5.85. The molecule has 0 amide bonds. The molecule has 4 rings (SSSR count). The summed E-state index contributed by atoms with van der Waals surface area (Å²) in [6.45, 7) is 2.94. The van der Waals surface area contributed by atoms with Gasteiger partial charge in [0, 0.05) is 11.1 Å². The number of hydrogen-bond acceptors (Lipinski definition) is 5. The second kappa shape index (κ2) is 5.65. The van der Waals surface area contributed by atoms with Gasteiger partial charge >= 0.3 is 0 Å². The lowest BCUT2D eigenvalue weighted by atomic mass is 9.92. The Morgan fingerprint density at radius 1 is 1.21 bits per heavy atom. The van der Waals surface area contributed by atoms with Gasteiger partial charge in [0.1, 0.15) is 18.0 Å². The van der Waals surface area contributed by atoms with Crippen LogP contribution in [0.1, 0.15) is 12.5 Å². The molecule has 2 heterocycles. The molecule has 1 aromatic heterocycles. The molecule has 1 aliphatic heterocycles. The Bertz CT molecular complexity index is 916. The minimum atomic E-state index is -0.465. The third-order valence-corrected chi connectivity index (χ3v) is 4.24. The molecule has 1 atom stereocenters. The van der Waals surface area contributed by atoms with Gasteiger partial charge in [0.2, 0.25) is 0 Å². The number of nitrogens with one attached hydrogen (secondary N) is 2. The number of nitrogens with two attached hydrogens (primary N) is 1. The molecule has 0 fully saturated rings. The van der Waals surface area contributed by atoms with Crippen LogP contribution < -0.4 is 11.1 Å². The molecule has 0 unspecified atom stereocenters. The summed E-state index contributed by atoms with van der Waals surface area (Å²) in [4.78, 5) is 4.59. The molecule has 0 saturated heterocycles. The van der Waals surface area contributed by atoms with Crippen molar-refractivity contribution in [2.45, 2.75) is 12.5 Å². The van der Waals surface area contributed by atoms with Crippen molar-refractivity contribution in [1.29, 1.82) is 0 Å². The predicted octanol–water partition coefficient (Wildman–Crippen LogP) is 2.91. The van der Waals surface area contributed by atoms with E-state index in [4.69, 9.17) is 10.5 Å². The van der Waals surface area contributed by atoms with E-state index in [1.54, 1.807) is 0 Å². The molecule has 2 aromatic carbocycles. The summed E-state index contributed by atoms with van der Waals surface area (Å²) >= 11 is 0. The monoisotopic (exact) mass is 321 g/mol. The number of nitrogens with zero attached hydrogens (tertiary/aromatic N) is 2. The smallest absolute Gasteiger partial charge is 0.160 e. The van der Waals surface area contributed by atoms with Crippen molar-refractivity contribution in [2.24, 2.45) is 10.7 Å². The van der Waals surface area contributed by atoms with E-state index in [0.29, 0.717) is 19.0 Å². The number of aromatic nitrogens is 2. The fraction of sp³-hybridized carbons (Fsp3) is 0.222. The second-order valence-corrected chi connectivity index (χ2v) is 6.19. The Morgan fingerprint density at radius 2 is 2.08 bits per heavy atom. The van der Waals surface area contributed by atoms with Crippen LogP contribution in [0.5, 0.6) is 0 Å². The Kier molecular flexibility index (Phi) is 3.46. The highest BCUT2D eigenvalue weighted by molar-refractivity contribution is 5.91. The number of ether oxygens (including phenoxy) is 1. The standard InChI is InChI=1S/C18H19N5O/c1-18(11-24-10-16(19)21-18)12-5-4-6-13(9-12)20-17-14-7-2-3-8-15(14)22-23-17/h2-9H,10-11H2,1H3,(H2,19,21)(H2,20,22,23)/t18-/m0/s1. The largest absolute Gasteiger partial charge is 0.386 e. The van der Waals surface area contributed by atoms with Gasteiger partial charge in [-0.25, -0.2) is 0 Å². The number of aliphatic imine (C=N–C) groups is 1. The van der Waals surface area contributed by atoms with E-state index in [1.165, 1.54) is 0 Å². The number of amidine groups is 1. The fourth-order valence-electron chi connectivity index (χ4n) is 3.01. The number of aromatic amines is 1. The molecule has 3 aromatic rings. The van der Waals surface area contributed by atoms with Crippen LogP contribution in [-0.2, 0) is 10.3 Å². The average molecular weight is 321 g/mol. The molecule has 6 nitrogen and oxygen atoms in total. The molecule has 0 bridgehead atoms. The van der Waals surface area contributed by atoms with Crippen LogP contribution in [-0.4, -0.2) is 29.2 Å². The first-order valence-electron chi connectivity index (χ1n) is 7.87. The van der Waals surface area contributed by atoms with Crippen LogP contribution >= 0.6 is 0 Å². The topological polar surface area (TPSA) is 88.3 Å². The minimum absolute atomic E-state index is 0.396. The van der Waals surface area contributed by atoms with E-state index in [2.05, 4.69) is 26.6 Å². The lowest BCUT2D eigenvalue weighted by Crippen LogP contribution is -2.37. The number of fused-ring (bicyclic) bond motifs is 1. The Balaban J connectivity index is 1.67. The first-order valence-corrected chi connectivity index (χ1v) is 7.87. The lowest BCUT2D eigenvalue weighted by molar-refractivity contribution is 0.106. The van der Waals surface area contributed by atoms with Gasteiger partial charge in [-0.2, -0.15) is 5.10 Å². The number of rotatable bonds is 3. The van der Waals surface area contributed by atoms with Crippen molar-refractivity contribution >= 4 is 28.2 Å². The molecule has 1 aliphatic rings. The van der Waals surface area contributed by atoms with Gasteiger partial charge in [-0.05, 0) is 36.8 Å². The highest BCUT2D eigenvalue weighted by Crippen LogP contribution is 2.31. The van der Waals surface area contributed by atoms with Gasteiger partial charge in [0.25, 0.3) is 0 Å². The zero-order valence-corrected chi connectivity index (χ0v) is 13.4. The zero-order chi connectivity index (χ0) is 16.6. The zero-order valence-electron chi connectivity index (χ0n) is 13.4. The average Bonchev–Trinajstić information content (AvgIpc) is 2.98. The van der Waals surface area contributed by atoms with Crippen LogP contribution in [0.4, 0.5) is 11.5 Å².